The minimum absolute atomic E-state index is 0.599. The molecule has 0 aromatic carbocycles. The molecule has 1 fully saturated rings. The van der Waals surface area contributed by atoms with E-state index in [1.807, 2.05) is 7.05 Å². The molecule has 1 aromatic heterocycles. The minimum atomic E-state index is 0.599. The molecule has 1 aliphatic rings. The van der Waals surface area contributed by atoms with Gasteiger partial charge in [-0.25, -0.2) is 4.68 Å². The highest BCUT2D eigenvalue weighted by Gasteiger charge is 2.20. The number of nitrogens with one attached hydrogen (secondary N) is 1. The van der Waals surface area contributed by atoms with Crippen LogP contribution in [0, 0.1) is 0 Å². The third kappa shape index (κ3) is 2.26. The molecule has 16 heavy (non-hydrogen) atoms. The van der Waals surface area contributed by atoms with Gasteiger partial charge in [-0.1, -0.05) is 31.4 Å². The second-order valence-corrected chi connectivity index (χ2v) is 4.60. The van der Waals surface area contributed by atoms with Gasteiger partial charge >= 0.3 is 0 Å². The lowest BCUT2D eigenvalue weighted by molar-refractivity contribution is 0.317. The molecule has 1 aromatic rings. The van der Waals surface area contributed by atoms with Crippen LogP contribution in [0.4, 0.5) is 0 Å². The van der Waals surface area contributed by atoms with Crippen molar-refractivity contribution in [3.63, 3.8) is 0 Å². The maximum atomic E-state index is 4.36. The van der Waals surface area contributed by atoms with E-state index in [0.717, 1.165) is 18.7 Å². The Hall–Kier alpha value is -0.900. The van der Waals surface area contributed by atoms with Gasteiger partial charge in [-0.05, 0) is 26.3 Å². The summed E-state index contributed by atoms with van der Waals surface area (Å²) in [5, 5.41) is 11.8. The summed E-state index contributed by atoms with van der Waals surface area (Å²) in [6.07, 6.45) is 7.64. The predicted octanol–water partition coefficient (Wildman–Crippen LogP) is 2.07. The zero-order chi connectivity index (χ0) is 11.4. The maximum Gasteiger partial charge on any atom is 0.0996 e. The van der Waals surface area contributed by atoms with E-state index in [0.29, 0.717) is 6.04 Å². The lowest BCUT2D eigenvalue weighted by Gasteiger charge is -2.23. The molecule has 1 aliphatic carbocycles. The first-order valence-electron chi connectivity index (χ1n) is 6.44. The molecule has 2 rings (SSSR count). The number of rotatable bonds is 4. The first-order chi connectivity index (χ1) is 7.86. The molecular formula is C12H22N4. The Morgan fingerprint density at radius 1 is 1.31 bits per heavy atom. The van der Waals surface area contributed by atoms with Gasteiger partial charge in [-0.15, -0.1) is 5.10 Å². The average Bonchev–Trinajstić information content (AvgIpc) is 2.73. The van der Waals surface area contributed by atoms with Crippen LogP contribution in [-0.4, -0.2) is 22.0 Å². The fourth-order valence-electron chi connectivity index (χ4n) is 2.64. The average molecular weight is 222 g/mol. The molecule has 0 amide bonds. The van der Waals surface area contributed by atoms with E-state index in [9.17, 15) is 0 Å². The van der Waals surface area contributed by atoms with Crippen LogP contribution in [0.1, 0.15) is 56.5 Å². The van der Waals surface area contributed by atoms with Crippen molar-refractivity contribution in [3.05, 3.63) is 11.4 Å². The second-order valence-electron chi connectivity index (χ2n) is 4.60. The lowest BCUT2D eigenvalue weighted by Crippen LogP contribution is -2.17. The van der Waals surface area contributed by atoms with Crippen molar-refractivity contribution >= 4 is 0 Å². The lowest BCUT2D eigenvalue weighted by atomic mass is 9.95. The van der Waals surface area contributed by atoms with Crippen molar-refractivity contribution in [2.45, 2.75) is 58.0 Å². The predicted molar refractivity (Wildman–Crippen MR) is 64.3 cm³/mol. The van der Waals surface area contributed by atoms with E-state index in [4.69, 9.17) is 0 Å². The van der Waals surface area contributed by atoms with Gasteiger partial charge in [0.05, 0.1) is 17.4 Å². The summed E-state index contributed by atoms with van der Waals surface area (Å²) in [6.45, 7) is 3.02. The maximum absolute atomic E-state index is 4.36. The summed E-state index contributed by atoms with van der Waals surface area (Å²) in [7, 11) is 1.96. The molecule has 0 radical (unpaired) electrons. The summed E-state index contributed by atoms with van der Waals surface area (Å²) in [6, 6.07) is 0.599. The summed E-state index contributed by atoms with van der Waals surface area (Å²) in [5.41, 5.74) is 2.44. The molecule has 0 spiro atoms. The Balaban J connectivity index is 2.18. The molecule has 1 N–H and O–H groups in total. The normalized spacial score (nSPS) is 17.9. The molecule has 0 aliphatic heterocycles. The third-order valence-corrected chi connectivity index (χ3v) is 3.47. The molecule has 4 nitrogen and oxygen atoms in total. The Bertz CT molecular complexity index is 326. The van der Waals surface area contributed by atoms with Crippen molar-refractivity contribution in [2.24, 2.45) is 0 Å². The van der Waals surface area contributed by atoms with Gasteiger partial charge in [0.2, 0.25) is 0 Å². The quantitative estimate of drug-likeness (QED) is 0.848. The molecule has 1 heterocycles. The van der Waals surface area contributed by atoms with Gasteiger partial charge < -0.3 is 5.32 Å². The topological polar surface area (TPSA) is 42.7 Å². The smallest absolute Gasteiger partial charge is 0.0996 e. The molecular weight excluding hydrogens is 200 g/mol. The molecule has 4 heteroatoms. The van der Waals surface area contributed by atoms with Crippen molar-refractivity contribution in [1.82, 2.24) is 20.3 Å². The monoisotopic (exact) mass is 222 g/mol. The van der Waals surface area contributed by atoms with Crippen LogP contribution in [0.5, 0.6) is 0 Å². The van der Waals surface area contributed by atoms with Gasteiger partial charge in [0, 0.05) is 6.54 Å². The summed E-state index contributed by atoms with van der Waals surface area (Å²) in [5.74, 6) is 0. The van der Waals surface area contributed by atoms with Crippen LogP contribution in [0.2, 0.25) is 0 Å². The van der Waals surface area contributed by atoms with Gasteiger partial charge in [0.15, 0.2) is 0 Å². The summed E-state index contributed by atoms with van der Waals surface area (Å²) >= 11 is 0. The zero-order valence-corrected chi connectivity index (χ0v) is 10.4. The van der Waals surface area contributed by atoms with Crippen LogP contribution in [0.25, 0.3) is 0 Å². The van der Waals surface area contributed by atoms with Crippen LogP contribution in [-0.2, 0) is 13.0 Å². The Morgan fingerprint density at radius 3 is 2.69 bits per heavy atom. The van der Waals surface area contributed by atoms with Crippen molar-refractivity contribution in [2.75, 3.05) is 7.05 Å². The number of hydrogen-bond acceptors (Lipinski definition) is 3. The minimum Gasteiger partial charge on any atom is -0.314 e. The highest BCUT2D eigenvalue weighted by atomic mass is 15.4. The fraction of sp³-hybridized carbons (Fsp3) is 0.833. The van der Waals surface area contributed by atoms with E-state index < -0.39 is 0 Å². The van der Waals surface area contributed by atoms with Gasteiger partial charge in [-0.3, -0.25) is 0 Å². The largest absolute Gasteiger partial charge is 0.314 e. The fourth-order valence-corrected chi connectivity index (χ4v) is 2.64. The summed E-state index contributed by atoms with van der Waals surface area (Å²) in [4.78, 5) is 0. The van der Waals surface area contributed by atoms with E-state index in [1.165, 1.54) is 37.8 Å². The third-order valence-electron chi connectivity index (χ3n) is 3.47. The van der Waals surface area contributed by atoms with Crippen molar-refractivity contribution in [3.8, 4) is 0 Å². The summed E-state index contributed by atoms with van der Waals surface area (Å²) < 4.78 is 2.19. The SMILES string of the molecule is CCc1c(CNC)nnn1C1CCCCC1. The first-order valence-corrected chi connectivity index (χ1v) is 6.44. The van der Waals surface area contributed by atoms with E-state index in [-0.39, 0.29) is 0 Å². The molecule has 1 saturated carbocycles. The van der Waals surface area contributed by atoms with E-state index in [2.05, 4.69) is 27.2 Å². The molecule has 0 bridgehead atoms. The molecule has 90 valence electrons. The van der Waals surface area contributed by atoms with Crippen LogP contribution < -0.4 is 5.32 Å². The van der Waals surface area contributed by atoms with Gasteiger partial charge in [0.25, 0.3) is 0 Å². The first kappa shape index (κ1) is 11.6. The Labute approximate surface area is 97.4 Å². The Morgan fingerprint density at radius 2 is 2.06 bits per heavy atom. The van der Waals surface area contributed by atoms with E-state index >= 15 is 0 Å². The van der Waals surface area contributed by atoms with Gasteiger partial charge in [-0.2, -0.15) is 0 Å². The van der Waals surface area contributed by atoms with Crippen molar-refractivity contribution in [1.29, 1.82) is 0 Å². The van der Waals surface area contributed by atoms with Crippen molar-refractivity contribution < 1.29 is 0 Å². The van der Waals surface area contributed by atoms with Crippen LogP contribution in [0.15, 0.2) is 0 Å². The van der Waals surface area contributed by atoms with Gasteiger partial charge in [0.1, 0.15) is 0 Å². The van der Waals surface area contributed by atoms with Crippen LogP contribution >= 0.6 is 0 Å². The zero-order valence-electron chi connectivity index (χ0n) is 10.4. The second kappa shape index (κ2) is 5.43. The molecule has 0 unspecified atom stereocenters. The highest BCUT2D eigenvalue weighted by molar-refractivity contribution is 5.10. The molecule has 0 saturated heterocycles. The standard InChI is InChI=1S/C12H22N4/c1-3-12-11(9-13-2)14-15-16(12)10-7-5-4-6-8-10/h10,13H,3-9H2,1-2H3. The number of hydrogen-bond donors (Lipinski definition) is 1. The number of nitrogens with zero attached hydrogens (tertiary/aromatic N) is 3. The Kier molecular flexibility index (Phi) is 3.93. The number of aromatic nitrogens is 3. The molecule has 0 atom stereocenters. The van der Waals surface area contributed by atoms with E-state index in [1.54, 1.807) is 0 Å². The van der Waals surface area contributed by atoms with Crippen LogP contribution in [0.3, 0.4) is 0 Å². The highest BCUT2D eigenvalue weighted by Crippen LogP contribution is 2.29.